The third kappa shape index (κ3) is 1.17. The summed E-state index contributed by atoms with van der Waals surface area (Å²) in [4.78, 5) is 24.0. The first-order chi connectivity index (χ1) is 6.59. The Hall–Kier alpha value is -1.78. The third-order valence-electron chi connectivity index (χ3n) is 2.16. The monoisotopic (exact) mass is 190 g/mol. The van der Waals surface area contributed by atoms with Gasteiger partial charge in [0.1, 0.15) is 0 Å². The smallest absolute Gasteiger partial charge is 0.281 e. The van der Waals surface area contributed by atoms with Gasteiger partial charge < -0.3 is 4.57 Å². The average molecular weight is 190 g/mol. The molecule has 0 fully saturated rings. The van der Waals surface area contributed by atoms with E-state index in [9.17, 15) is 4.79 Å². The van der Waals surface area contributed by atoms with E-state index in [0.717, 1.165) is 11.4 Å². The van der Waals surface area contributed by atoms with Gasteiger partial charge in [-0.3, -0.25) is 4.79 Å². The van der Waals surface area contributed by atoms with Crippen LogP contribution >= 0.6 is 0 Å². The van der Waals surface area contributed by atoms with Crippen LogP contribution in [0.4, 0.5) is 0 Å². The SMILES string of the molecule is Cc1nc2ncn(C)c(=O)c2nc1C. The molecule has 2 rings (SSSR count). The van der Waals surface area contributed by atoms with Crippen LogP contribution in [0.15, 0.2) is 11.1 Å². The second kappa shape index (κ2) is 2.87. The fraction of sp³-hybridized carbons (Fsp3) is 0.333. The van der Waals surface area contributed by atoms with Crippen LogP contribution in [0.25, 0.3) is 11.2 Å². The van der Waals surface area contributed by atoms with Crippen LogP contribution in [-0.2, 0) is 7.05 Å². The predicted molar refractivity (Wildman–Crippen MR) is 52.0 cm³/mol. The normalized spacial score (nSPS) is 10.8. The summed E-state index contributed by atoms with van der Waals surface area (Å²) in [5.41, 5.74) is 2.15. The molecular weight excluding hydrogens is 180 g/mol. The minimum absolute atomic E-state index is 0.161. The third-order valence-corrected chi connectivity index (χ3v) is 2.16. The molecule has 0 N–H and O–H groups in total. The number of aryl methyl sites for hydroxylation is 3. The van der Waals surface area contributed by atoms with Gasteiger partial charge >= 0.3 is 0 Å². The van der Waals surface area contributed by atoms with E-state index in [4.69, 9.17) is 0 Å². The van der Waals surface area contributed by atoms with Crippen LogP contribution in [0, 0.1) is 13.8 Å². The molecule has 0 radical (unpaired) electrons. The molecule has 0 saturated heterocycles. The highest BCUT2D eigenvalue weighted by atomic mass is 16.1. The maximum absolute atomic E-state index is 11.6. The summed E-state index contributed by atoms with van der Waals surface area (Å²) in [5, 5.41) is 0. The van der Waals surface area contributed by atoms with Gasteiger partial charge in [0.2, 0.25) is 0 Å². The molecular formula is C9H10N4O. The van der Waals surface area contributed by atoms with E-state index in [2.05, 4.69) is 15.0 Å². The summed E-state index contributed by atoms with van der Waals surface area (Å²) >= 11 is 0. The highest BCUT2D eigenvalue weighted by Crippen LogP contribution is 2.04. The van der Waals surface area contributed by atoms with Crippen molar-refractivity contribution in [2.75, 3.05) is 0 Å². The van der Waals surface area contributed by atoms with Crippen molar-refractivity contribution in [3.05, 3.63) is 28.1 Å². The van der Waals surface area contributed by atoms with Crippen LogP contribution in [0.2, 0.25) is 0 Å². The van der Waals surface area contributed by atoms with Crippen molar-refractivity contribution in [3.63, 3.8) is 0 Å². The van der Waals surface area contributed by atoms with Crippen LogP contribution in [0.1, 0.15) is 11.4 Å². The van der Waals surface area contributed by atoms with Crippen LogP contribution < -0.4 is 5.56 Å². The largest absolute Gasteiger partial charge is 0.300 e. The van der Waals surface area contributed by atoms with Gasteiger partial charge in [0, 0.05) is 7.05 Å². The Labute approximate surface area is 80.5 Å². The molecule has 0 aliphatic carbocycles. The molecule has 72 valence electrons. The Kier molecular flexibility index (Phi) is 1.80. The van der Waals surface area contributed by atoms with E-state index in [0.29, 0.717) is 11.2 Å². The molecule has 0 bridgehead atoms. The van der Waals surface area contributed by atoms with Gasteiger partial charge in [-0.25, -0.2) is 15.0 Å². The Morgan fingerprint density at radius 2 is 1.86 bits per heavy atom. The topological polar surface area (TPSA) is 60.7 Å². The summed E-state index contributed by atoms with van der Waals surface area (Å²) in [6.45, 7) is 3.68. The number of hydrogen-bond acceptors (Lipinski definition) is 4. The highest BCUT2D eigenvalue weighted by Gasteiger charge is 2.06. The van der Waals surface area contributed by atoms with Gasteiger partial charge in [-0.15, -0.1) is 0 Å². The van der Waals surface area contributed by atoms with Crippen molar-refractivity contribution in [1.82, 2.24) is 19.5 Å². The summed E-state index contributed by atoms with van der Waals surface area (Å²) in [5.74, 6) is 0. The lowest BCUT2D eigenvalue weighted by molar-refractivity contribution is 0.831. The van der Waals surface area contributed by atoms with Crippen molar-refractivity contribution < 1.29 is 0 Å². The Bertz CT molecular complexity index is 558. The Morgan fingerprint density at radius 1 is 1.21 bits per heavy atom. The summed E-state index contributed by atoms with van der Waals surface area (Å²) in [7, 11) is 1.64. The van der Waals surface area contributed by atoms with Gasteiger partial charge in [0.05, 0.1) is 17.7 Å². The molecule has 0 saturated carbocycles. The van der Waals surface area contributed by atoms with E-state index in [1.54, 1.807) is 7.05 Å². The predicted octanol–water partition coefficient (Wildman–Crippen LogP) is 0.340. The zero-order valence-corrected chi connectivity index (χ0v) is 8.27. The molecule has 2 aromatic rings. The fourth-order valence-electron chi connectivity index (χ4n) is 1.19. The number of fused-ring (bicyclic) bond motifs is 1. The van der Waals surface area contributed by atoms with Crippen molar-refractivity contribution in [3.8, 4) is 0 Å². The number of aromatic nitrogens is 4. The zero-order valence-electron chi connectivity index (χ0n) is 8.27. The molecule has 0 atom stereocenters. The molecule has 5 nitrogen and oxygen atoms in total. The minimum atomic E-state index is -0.161. The minimum Gasteiger partial charge on any atom is -0.300 e. The Balaban J connectivity index is 2.97. The van der Waals surface area contributed by atoms with Crippen molar-refractivity contribution in [1.29, 1.82) is 0 Å². The highest BCUT2D eigenvalue weighted by molar-refractivity contribution is 5.68. The molecule has 0 aliphatic rings. The molecule has 14 heavy (non-hydrogen) atoms. The van der Waals surface area contributed by atoms with Crippen molar-refractivity contribution >= 4 is 11.2 Å². The van der Waals surface area contributed by atoms with Gasteiger partial charge in [0.15, 0.2) is 11.2 Å². The first-order valence-corrected chi connectivity index (χ1v) is 4.26. The summed E-state index contributed by atoms with van der Waals surface area (Å²) in [6, 6.07) is 0. The van der Waals surface area contributed by atoms with Crippen molar-refractivity contribution in [2.45, 2.75) is 13.8 Å². The molecule has 0 aliphatic heterocycles. The maximum Gasteiger partial charge on any atom is 0.281 e. The van der Waals surface area contributed by atoms with Gasteiger partial charge in [-0.05, 0) is 13.8 Å². The quantitative estimate of drug-likeness (QED) is 0.601. The lowest BCUT2D eigenvalue weighted by atomic mass is 10.3. The number of hydrogen-bond donors (Lipinski definition) is 0. The summed E-state index contributed by atoms with van der Waals surface area (Å²) in [6.07, 6.45) is 1.45. The van der Waals surface area contributed by atoms with Gasteiger partial charge in [-0.2, -0.15) is 0 Å². The molecule has 0 unspecified atom stereocenters. The lowest BCUT2D eigenvalue weighted by Crippen LogP contribution is -2.19. The molecule has 2 heterocycles. The van der Waals surface area contributed by atoms with Crippen LogP contribution in [0.3, 0.4) is 0 Å². The second-order valence-corrected chi connectivity index (χ2v) is 3.23. The molecule has 0 spiro atoms. The number of nitrogens with zero attached hydrogens (tertiary/aromatic N) is 4. The maximum atomic E-state index is 11.6. The second-order valence-electron chi connectivity index (χ2n) is 3.23. The number of rotatable bonds is 0. The lowest BCUT2D eigenvalue weighted by Gasteiger charge is -2.01. The molecule has 0 amide bonds. The molecule has 5 heteroatoms. The standard InChI is InChI=1S/C9H10N4O/c1-5-6(2)12-8-7(11-5)9(14)13(3)4-10-8/h4H,1-3H3. The Morgan fingerprint density at radius 3 is 2.57 bits per heavy atom. The summed E-state index contributed by atoms with van der Waals surface area (Å²) < 4.78 is 1.39. The fourth-order valence-corrected chi connectivity index (χ4v) is 1.19. The van der Waals surface area contributed by atoms with Crippen LogP contribution in [-0.4, -0.2) is 19.5 Å². The van der Waals surface area contributed by atoms with E-state index in [1.165, 1.54) is 10.9 Å². The first kappa shape index (κ1) is 8.80. The molecule has 0 aromatic carbocycles. The van der Waals surface area contributed by atoms with E-state index < -0.39 is 0 Å². The van der Waals surface area contributed by atoms with Crippen molar-refractivity contribution in [2.24, 2.45) is 7.05 Å². The van der Waals surface area contributed by atoms with Gasteiger partial charge in [0.25, 0.3) is 5.56 Å². The molecule has 2 aromatic heterocycles. The van der Waals surface area contributed by atoms with E-state index >= 15 is 0 Å². The average Bonchev–Trinajstić information content (AvgIpc) is 2.15. The van der Waals surface area contributed by atoms with Gasteiger partial charge in [-0.1, -0.05) is 0 Å². The van der Waals surface area contributed by atoms with E-state index in [-0.39, 0.29) is 5.56 Å². The zero-order chi connectivity index (χ0) is 10.3. The van der Waals surface area contributed by atoms with E-state index in [1.807, 2.05) is 13.8 Å². The van der Waals surface area contributed by atoms with Crippen LogP contribution in [0.5, 0.6) is 0 Å². The first-order valence-electron chi connectivity index (χ1n) is 4.26.